The Morgan fingerprint density at radius 1 is 1.08 bits per heavy atom. The number of para-hydroxylation sites is 2. The summed E-state index contributed by atoms with van der Waals surface area (Å²) >= 11 is 0. The molecule has 2 fully saturated rings. The van der Waals surface area contributed by atoms with Gasteiger partial charge in [-0.25, -0.2) is 4.79 Å². The second-order valence-electron chi connectivity index (χ2n) is 7.88. The fourth-order valence-electron chi connectivity index (χ4n) is 5.92. The summed E-state index contributed by atoms with van der Waals surface area (Å²) in [5.41, 5.74) is 3.53. The van der Waals surface area contributed by atoms with Crippen LogP contribution >= 0.6 is 0 Å². The number of carboxylic acids is 1. The van der Waals surface area contributed by atoms with Gasteiger partial charge >= 0.3 is 5.97 Å². The van der Waals surface area contributed by atoms with Crippen molar-refractivity contribution in [1.29, 1.82) is 0 Å². The van der Waals surface area contributed by atoms with E-state index in [4.69, 9.17) is 4.74 Å². The van der Waals surface area contributed by atoms with Crippen LogP contribution in [0, 0.1) is 17.8 Å². The first-order chi connectivity index (χ1) is 12.7. The molecule has 0 amide bonds. The second kappa shape index (κ2) is 5.76. The lowest BCUT2D eigenvalue weighted by atomic mass is 9.67. The van der Waals surface area contributed by atoms with Crippen LogP contribution in [-0.2, 0) is 0 Å². The predicted molar refractivity (Wildman–Crippen MR) is 99.8 cm³/mol. The van der Waals surface area contributed by atoms with E-state index in [1.165, 1.54) is 24.8 Å². The molecule has 4 nitrogen and oxygen atoms in total. The third kappa shape index (κ3) is 2.11. The Hall–Kier alpha value is -2.49. The van der Waals surface area contributed by atoms with E-state index in [9.17, 15) is 9.90 Å². The van der Waals surface area contributed by atoms with Gasteiger partial charge in [-0.15, -0.1) is 0 Å². The van der Waals surface area contributed by atoms with Crippen molar-refractivity contribution >= 4 is 11.7 Å². The summed E-state index contributed by atoms with van der Waals surface area (Å²) in [4.78, 5) is 11.8. The minimum Gasteiger partial charge on any atom is -0.496 e. The van der Waals surface area contributed by atoms with E-state index >= 15 is 0 Å². The Labute approximate surface area is 153 Å². The van der Waals surface area contributed by atoms with Gasteiger partial charge in [0.2, 0.25) is 0 Å². The quantitative estimate of drug-likeness (QED) is 0.844. The molecule has 4 heteroatoms. The van der Waals surface area contributed by atoms with Crippen LogP contribution in [0.4, 0.5) is 5.69 Å². The highest BCUT2D eigenvalue weighted by Gasteiger charge is 2.54. The van der Waals surface area contributed by atoms with Gasteiger partial charge in [-0.05, 0) is 60.6 Å². The highest BCUT2D eigenvalue weighted by atomic mass is 16.5. The molecule has 2 aliphatic carbocycles. The molecule has 134 valence electrons. The number of hydrogen-bond donors (Lipinski definition) is 2. The lowest BCUT2D eigenvalue weighted by Gasteiger charge is -2.44. The third-order valence-electron chi connectivity index (χ3n) is 6.83. The fraction of sp³-hybridized carbons (Fsp3) is 0.409. The highest BCUT2D eigenvalue weighted by Crippen LogP contribution is 2.64. The number of benzene rings is 2. The van der Waals surface area contributed by atoms with Crippen molar-refractivity contribution < 1.29 is 14.6 Å². The predicted octanol–water partition coefficient (Wildman–Crippen LogP) is 4.69. The minimum atomic E-state index is -0.866. The molecule has 3 aliphatic rings. The highest BCUT2D eigenvalue weighted by molar-refractivity contribution is 5.95. The summed E-state index contributed by atoms with van der Waals surface area (Å²) in [5.74, 6) is 2.33. The van der Waals surface area contributed by atoms with Gasteiger partial charge < -0.3 is 15.2 Å². The van der Waals surface area contributed by atoms with Crippen LogP contribution in [0.15, 0.2) is 42.5 Å². The molecular weight excluding hydrogens is 326 g/mol. The number of ether oxygens (including phenoxy) is 1. The Balaban J connectivity index is 1.69. The first-order valence-corrected chi connectivity index (χ1v) is 9.44. The number of rotatable bonds is 3. The molecule has 0 radical (unpaired) electrons. The van der Waals surface area contributed by atoms with Gasteiger partial charge in [0.1, 0.15) is 5.75 Å². The van der Waals surface area contributed by atoms with Crippen molar-refractivity contribution in [2.75, 3.05) is 12.4 Å². The van der Waals surface area contributed by atoms with Crippen LogP contribution in [-0.4, -0.2) is 18.2 Å². The average Bonchev–Trinajstić information content (AvgIpc) is 3.29. The van der Waals surface area contributed by atoms with Crippen LogP contribution in [0.3, 0.4) is 0 Å². The normalized spacial score (nSPS) is 31.0. The Morgan fingerprint density at radius 3 is 2.65 bits per heavy atom. The zero-order valence-corrected chi connectivity index (χ0v) is 14.8. The van der Waals surface area contributed by atoms with Crippen LogP contribution in [0.5, 0.6) is 5.75 Å². The summed E-state index contributed by atoms with van der Waals surface area (Å²) in [5, 5.41) is 13.3. The number of fused-ring (bicyclic) bond motifs is 7. The molecule has 0 spiro atoms. The van der Waals surface area contributed by atoms with Gasteiger partial charge in [0.25, 0.3) is 0 Å². The zero-order valence-electron chi connectivity index (χ0n) is 14.8. The average molecular weight is 349 g/mol. The number of nitrogens with one attached hydrogen (secondary N) is 1. The second-order valence-corrected chi connectivity index (χ2v) is 7.88. The third-order valence-corrected chi connectivity index (χ3v) is 6.83. The Bertz CT molecular complexity index is 877. The molecule has 2 aromatic rings. The minimum absolute atomic E-state index is 0.0967. The van der Waals surface area contributed by atoms with E-state index in [0.29, 0.717) is 29.2 Å². The maximum absolute atomic E-state index is 11.8. The summed E-state index contributed by atoms with van der Waals surface area (Å²) in [6.45, 7) is 0. The summed E-state index contributed by atoms with van der Waals surface area (Å²) < 4.78 is 5.64. The summed E-state index contributed by atoms with van der Waals surface area (Å²) in [6.07, 6.45) is 3.81. The number of carbonyl (C=O) groups is 1. The van der Waals surface area contributed by atoms with Crippen molar-refractivity contribution in [2.24, 2.45) is 17.8 Å². The van der Waals surface area contributed by atoms with Gasteiger partial charge in [0, 0.05) is 5.56 Å². The first kappa shape index (κ1) is 15.7. The molecule has 2 aromatic carbocycles. The van der Waals surface area contributed by atoms with Crippen molar-refractivity contribution in [1.82, 2.24) is 0 Å². The maximum Gasteiger partial charge on any atom is 0.337 e. The molecule has 5 rings (SSSR count). The monoisotopic (exact) mass is 349 g/mol. The van der Waals surface area contributed by atoms with Crippen LogP contribution < -0.4 is 10.1 Å². The lowest BCUT2D eigenvalue weighted by Crippen LogP contribution is -2.36. The smallest absolute Gasteiger partial charge is 0.337 e. The number of hydrogen-bond acceptors (Lipinski definition) is 3. The number of carboxylic acid groups (broad SMARTS) is 1. The van der Waals surface area contributed by atoms with E-state index in [2.05, 4.69) is 17.4 Å². The molecule has 1 heterocycles. The lowest BCUT2D eigenvalue weighted by molar-refractivity contribution is 0.0697. The molecule has 0 saturated heterocycles. The number of methoxy groups -OCH3 is 1. The van der Waals surface area contributed by atoms with Crippen LogP contribution in [0.2, 0.25) is 0 Å². The van der Waals surface area contributed by atoms with Gasteiger partial charge in [-0.1, -0.05) is 30.3 Å². The standard InChI is InChI=1S/C22H23NO3/c1-26-17-8-3-2-5-14(17)21-19-13-10-9-12(11-13)18(19)15-6-4-7-16(22(24)25)20(15)23-21/h2-8,12-13,18-19,21,23H,9-11H2,1H3,(H,24,25)/t12-,13+,18-,19+,21+/m1/s1. The molecule has 26 heavy (non-hydrogen) atoms. The first-order valence-electron chi connectivity index (χ1n) is 9.44. The molecule has 1 aliphatic heterocycles. The molecule has 2 bridgehead atoms. The molecule has 2 N–H and O–H groups in total. The van der Waals surface area contributed by atoms with Gasteiger partial charge in [-0.3, -0.25) is 0 Å². The van der Waals surface area contributed by atoms with E-state index in [1.807, 2.05) is 24.3 Å². The van der Waals surface area contributed by atoms with Crippen molar-refractivity contribution in [3.05, 3.63) is 59.2 Å². The topological polar surface area (TPSA) is 58.6 Å². The van der Waals surface area contributed by atoms with Crippen molar-refractivity contribution in [3.8, 4) is 5.75 Å². The van der Waals surface area contributed by atoms with Gasteiger partial charge in [-0.2, -0.15) is 0 Å². The van der Waals surface area contributed by atoms with E-state index < -0.39 is 5.97 Å². The molecular formula is C22H23NO3. The fourth-order valence-corrected chi connectivity index (χ4v) is 5.92. The summed E-state index contributed by atoms with van der Waals surface area (Å²) in [7, 11) is 1.70. The molecule has 5 atom stereocenters. The molecule has 0 aromatic heterocycles. The molecule has 0 unspecified atom stereocenters. The maximum atomic E-state index is 11.8. The van der Waals surface area contributed by atoms with Crippen molar-refractivity contribution in [2.45, 2.75) is 31.2 Å². The largest absolute Gasteiger partial charge is 0.496 e. The zero-order chi connectivity index (χ0) is 17.8. The van der Waals surface area contributed by atoms with Gasteiger partial charge in [0.15, 0.2) is 0 Å². The SMILES string of the molecule is COc1ccccc1[C@@H]1Nc2c(C(=O)O)cccc2[C@H]2[C@@H]3CC[C@@H](C3)[C@@H]21. The number of anilines is 1. The molecule has 2 saturated carbocycles. The van der Waals surface area contributed by atoms with Crippen molar-refractivity contribution in [3.63, 3.8) is 0 Å². The van der Waals surface area contributed by atoms with Crippen LogP contribution in [0.1, 0.15) is 52.7 Å². The Morgan fingerprint density at radius 2 is 1.85 bits per heavy atom. The van der Waals surface area contributed by atoms with Gasteiger partial charge in [0.05, 0.1) is 24.4 Å². The van der Waals surface area contributed by atoms with E-state index in [1.54, 1.807) is 13.2 Å². The Kier molecular flexibility index (Phi) is 3.49. The van der Waals surface area contributed by atoms with E-state index in [-0.39, 0.29) is 6.04 Å². The number of aromatic carboxylic acids is 1. The summed E-state index contributed by atoms with van der Waals surface area (Å²) in [6, 6.07) is 14.0. The van der Waals surface area contributed by atoms with Crippen LogP contribution in [0.25, 0.3) is 0 Å². The van der Waals surface area contributed by atoms with E-state index in [0.717, 1.165) is 17.0 Å².